The van der Waals surface area contributed by atoms with E-state index in [2.05, 4.69) is 6.92 Å². The van der Waals surface area contributed by atoms with Gasteiger partial charge in [-0.2, -0.15) is 0 Å². The van der Waals surface area contributed by atoms with Crippen molar-refractivity contribution >= 4 is 11.8 Å². The zero-order valence-electron chi connectivity index (χ0n) is 11.6. The summed E-state index contributed by atoms with van der Waals surface area (Å²) >= 11 is 0. The number of rotatable bonds is 0. The smallest absolute Gasteiger partial charge is 0.338 e. The molecule has 6 atom stereocenters. The number of hydrogen-bond acceptors (Lipinski definition) is 4. The average molecular weight is 264 g/mol. The van der Waals surface area contributed by atoms with Gasteiger partial charge in [-0.3, -0.25) is 4.79 Å². The Morgan fingerprint density at radius 2 is 2.05 bits per heavy atom. The summed E-state index contributed by atoms with van der Waals surface area (Å²) in [5.74, 6) is -0.835. The lowest BCUT2D eigenvalue weighted by Gasteiger charge is -2.49. The SMILES string of the molecule is C[C@H]1C(=O)C=C[C@@]2(C)CC[C@@H]3[C@@H](OC(=O)[C@@]3(C)O)[C@H]12. The largest absolute Gasteiger partial charge is 0.459 e. The Kier molecular flexibility index (Phi) is 2.50. The van der Waals surface area contributed by atoms with E-state index < -0.39 is 11.6 Å². The third-order valence-electron chi connectivity index (χ3n) is 5.50. The Labute approximate surface area is 112 Å². The molecule has 1 saturated carbocycles. The predicted octanol–water partition coefficient (Wildman–Crippen LogP) is 1.47. The van der Waals surface area contributed by atoms with Crippen LogP contribution in [0.25, 0.3) is 0 Å². The molecule has 104 valence electrons. The minimum absolute atomic E-state index is 0.0262. The van der Waals surface area contributed by atoms with Gasteiger partial charge in [0.15, 0.2) is 11.4 Å². The van der Waals surface area contributed by atoms with Crippen molar-refractivity contribution in [2.75, 3.05) is 0 Å². The first-order valence-corrected chi connectivity index (χ1v) is 6.94. The molecule has 19 heavy (non-hydrogen) atoms. The molecule has 2 fully saturated rings. The maximum atomic E-state index is 11.9. The number of ether oxygens (including phenoxy) is 1. The van der Waals surface area contributed by atoms with E-state index in [0.29, 0.717) is 0 Å². The molecule has 4 nitrogen and oxygen atoms in total. The Morgan fingerprint density at radius 1 is 1.37 bits per heavy atom. The standard InChI is InChI=1S/C15H20O4/c1-8-10(16)5-7-14(2)6-4-9-12(11(8)14)19-13(17)15(9,3)18/h5,7-9,11-12,18H,4,6H2,1-3H3/t8-,9+,11-,12+,14+,15-/m0/s1. The van der Waals surface area contributed by atoms with E-state index in [1.54, 1.807) is 6.08 Å². The molecule has 1 aliphatic heterocycles. The molecular formula is C15H20O4. The van der Waals surface area contributed by atoms with Crippen LogP contribution in [-0.2, 0) is 14.3 Å². The normalized spacial score (nSPS) is 52.6. The average Bonchev–Trinajstić information content (AvgIpc) is 2.55. The van der Waals surface area contributed by atoms with Gasteiger partial charge >= 0.3 is 5.97 Å². The molecule has 0 bridgehead atoms. The van der Waals surface area contributed by atoms with Crippen molar-refractivity contribution in [1.29, 1.82) is 0 Å². The third-order valence-corrected chi connectivity index (χ3v) is 5.50. The fourth-order valence-electron chi connectivity index (χ4n) is 4.22. The lowest BCUT2D eigenvalue weighted by atomic mass is 9.55. The fourth-order valence-corrected chi connectivity index (χ4v) is 4.22. The number of carbonyl (C=O) groups excluding carboxylic acids is 2. The van der Waals surface area contributed by atoms with Crippen molar-refractivity contribution in [2.24, 2.45) is 23.2 Å². The lowest BCUT2D eigenvalue weighted by molar-refractivity contribution is -0.157. The van der Waals surface area contributed by atoms with Crippen LogP contribution in [0.1, 0.15) is 33.6 Å². The minimum atomic E-state index is -1.41. The maximum absolute atomic E-state index is 11.9. The molecule has 1 N–H and O–H groups in total. The van der Waals surface area contributed by atoms with Gasteiger partial charge in [0.2, 0.25) is 0 Å². The van der Waals surface area contributed by atoms with Crippen molar-refractivity contribution in [2.45, 2.75) is 45.3 Å². The maximum Gasteiger partial charge on any atom is 0.338 e. The molecule has 2 aliphatic carbocycles. The zero-order chi connectivity index (χ0) is 14.0. The van der Waals surface area contributed by atoms with E-state index in [1.165, 1.54) is 6.92 Å². The summed E-state index contributed by atoms with van der Waals surface area (Å²) < 4.78 is 5.46. The van der Waals surface area contributed by atoms with Gasteiger partial charge in [-0.05, 0) is 31.3 Å². The quantitative estimate of drug-likeness (QED) is 0.673. The van der Waals surface area contributed by atoms with Crippen LogP contribution in [0.2, 0.25) is 0 Å². The van der Waals surface area contributed by atoms with Gasteiger partial charge in [0.25, 0.3) is 0 Å². The van der Waals surface area contributed by atoms with Crippen LogP contribution >= 0.6 is 0 Å². The van der Waals surface area contributed by atoms with Crippen LogP contribution in [0.4, 0.5) is 0 Å². The number of ketones is 1. The summed E-state index contributed by atoms with van der Waals surface area (Å²) in [6.07, 6.45) is 4.92. The molecule has 3 rings (SSSR count). The highest BCUT2D eigenvalue weighted by Crippen LogP contribution is 2.55. The van der Waals surface area contributed by atoms with E-state index in [4.69, 9.17) is 4.74 Å². The molecule has 0 aromatic carbocycles. The number of carbonyl (C=O) groups is 2. The Morgan fingerprint density at radius 3 is 2.74 bits per heavy atom. The first kappa shape index (κ1) is 12.9. The summed E-state index contributed by atoms with van der Waals surface area (Å²) in [5, 5.41) is 10.3. The van der Waals surface area contributed by atoms with Crippen LogP contribution in [-0.4, -0.2) is 28.6 Å². The van der Waals surface area contributed by atoms with Gasteiger partial charge in [0.1, 0.15) is 6.10 Å². The molecular weight excluding hydrogens is 244 g/mol. The highest BCUT2D eigenvalue weighted by molar-refractivity contribution is 5.93. The van der Waals surface area contributed by atoms with Crippen molar-refractivity contribution in [3.05, 3.63) is 12.2 Å². The van der Waals surface area contributed by atoms with Crippen LogP contribution in [0.15, 0.2) is 12.2 Å². The fraction of sp³-hybridized carbons (Fsp3) is 0.733. The minimum Gasteiger partial charge on any atom is -0.459 e. The lowest BCUT2D eigenvalue weighted by Crippen LogP contribution is -2.52. The van der Waals surface area contributed by atoms with Gasteiger partial charge in [-0.25, -0.2) is 4.79 Å². The Balaban J connectivity index is 2.03. The van der Waals surface area contributed by atoms with Crippen molar-refractivity contribution < 1.29 is 19.4 Å². The van der Waals surface area contributed by atoms with Crippen LogP contribution < -0.4 is 0 Å². The first-order valence-electron chi connectivity index (χ1n) is 6.94. The van der Waals surface area contributed by atoms with Crippen LogP contribution in [0.3, 0.4) is 0 Å². The molecule has 0 aromatic rings. The first-order chi connectivity index (χ1) is 8.77. The third kappa shape index (κ3) is 1.55. The monoisotopic (exact) mass is 264 g/mol. The Hall–Kier alpha value is -1.16. The second-order valence-corrected chi connectivity index (χ2v) is 6.72. The van der Waals surface area contributed by atoms with Gasteiger partial charge < -0.3 is 9.84 Å². The second kappa shape index (κ2) is 3.69. The summed E-state index contributed by atoms with van der Waals surface area (Å²) in [4.78, 5) is 23.8. The van der Waals surface area contributed by atoms with E-state index in [9.17, 15) is 14.7 Å². The highest BCUT2D eigenvalue weighted by Gasteiger charge is 2.62. The predicted molar refractivity (Wildman–Crippen MR) is 68.1 cm³/mol. The van der Waals surface area contributed by atoms with E-state index in [-0.39, 0.29) is 35.1 Å². The van der Waals surface area contributed by atoms with Gasteiger partial charge in [-0.1, -0.05) is 19.9 Å². The molecule has 1 heterocycles. The van der Waals surface area contributed by atoms with E-state index in [0.717, 1.165) is 12.8 Å². The van der Waals surface area contributed by atoms with Crippen LogP contribution in [0.5, 0.6) is 0 Å². The number of aliphatic hydroxyl groups is 1. The second-order valence-electron chi connectivity index (χ2n) is 6.72. The molecule has 0 spiro atoms. The topological polar surface area (TPSA) is 63.6 Å². The molecule has 0 amide bonds. The summed E-state index contributed by atoms with van der Waals surface area (Å²) in [5.41, 5.74) is -1.52. The van der Waals surface area contributed by atoms with Crippen LogP contribution in [0, 0.1) is 23.2 Å². The van der Waals surface area contributed by atoms with E-state index in [1.807, 2.05) is 13.0 Å². The van der Waals surface area contributed by atoms with Crippen molar-refractivity contribution in [3.63, 3.8) is 0 Å². The number of esters is 1. The molecule has 0 aromatic heterocycles. The number of fused-ring (bicyclic) bond motifs is 3. The summed E-state index contributed by atoms with van der Waals surface area (Å²) in [6.45, 7) is 5.56. The summed E-state index contributed by atoms with van der Waals surface area (Å²) in [6, 6.07) is 0. The zero-order valence-corrected chi connectivity index (χ0v) is 11.6. The van der Waals surface area contributed by atoms with Gasteiger partial charge in [0.05, 0.1) is 0 Å². The number of hydrogen-bond donors (Lipinski definition) is 1. The molecule has 0 unspecified atom stereocenters. The molecule has 4 heteroatoms. The number of allylic oxidation sites excluding steroid dienone is 2. The highest BCUT2D eigenvalue weighted by atomic mass is 16.6. The Bertz CT molecular complexity index is 479. The van der Waals surface area contributed by atoms with E-state index >= 15 is 0 Å². The van der Waals surface area contributed by atoms with Crippen molar-refractivity contribution in [1.82, 2.24) is 0 Å². The van der Waals surface area contributed by atoms with Gasteiger partial charge in [-0.15, -0.1) is 0 Å². The summed E-state index contributed by atoms with van der Waals surface area (Å²) in [7, 11) is 0. The molecule has 0 radical (unpaired) electrons. The van der Waals surface area contributed by atoms with Gasteiger partial charge in [0, 0.05) is 17.8 Å². The molecule has 1 saturated heterocycles. The van der Waals surface area contributed by atoms with Crippen molar-refractivity contribution in [3.8, 4) is 0 Å². The molecule has 3 aliphatic rings.